The molecule has 0 aliphatic carbocycles. The van der Waals surface area contributed by atoms with Crippen molar-refractivity contribution >= 4 is 58.8 Å². The molecule has 0 bridgehead atoms. The number of hydrogen-bond acceptors (Lipinski definition) is 9. The summed E-state index contributed by atoms with van der Waals surface area (Å²) in [6.07, 6.45) is -1.19. The van der Waals surface area contributed by atoms with Crippen LogP contribution in [0.2, 0.25) is 0 Å². The van der Waals surface area contributed by atoms with Crippen molar-refractivity contribution < 1.29 is 18.3 Å². The Morgan fingerprint density at radius 1 is 1.56 bits per heavy atom. The van der Waals surface area contributed by atoms with Gasteiger partial charge < -0.3 is 19.5 Å². The molecule has 10 nitrogen and oxygen atoms in total. The number of hydrogen-bond donors (Lipinski definition) is 2. The molecule has 4 rings (SSSR count). The zero-order valence-corrected chi connectivity index (χ0v) is 17.4. The van der Waals surface area contributed by atoms with E-state index in [1.807, 2.05) is 13.8 Å². The van der Waals surface area contributed by atoms with Crippen LogP contribution in [0.5, 0.6) is 0 Å². The fraction of sp³-hybridized carbons (Fsp3) is 0.615. The largest absolute Gasteiger partial charge is 0.369 e. The van der Waals surface area contributed by atoms with Crippen molar-refractivity contribution in [3.05, 3.63) is 16.7 Å². The molecule has 148 valence electrons. The number of H-pyrrole nitrogens is 1. The maximum Gasteiger partial charge on any atom is 0.327 e. The molecular weight excluding hydrogens is 440 g/mol. The van der Waals surface area contributed by atoms with Crippen LogP contribution in [0.15, 0.2) is 11.1 Å². The quantitative estimate of drug-likeness (QED) is 0.526. The van der Waals surface area contributed by atoms with Crippen LogP contribution in [0.3, 0.4) is 0 Å². The number of imidazole rings is 1. The number of nitrogen functional groups attached to an aromatic ring is 1. The summed E-state index contributed by atoms with van der Waals surface area (Å²) in [4.78, 5) is 22.5. The van der Waals surface area contributed by atoms with E-state index < -0.39 is 35.0 Å². The zero-order chi connectivity index (χ0) is 19.6. The van der Waals surface area contributed by atoms with E-state index in [0.29, 0.717) is 0 Å². The number of nitrogens with two attached hydrogens (primary N) is 1. The van der Waals surface area contributed by atoms with E-state index in [9.17, 15) is 4.79 Å². The molecule has 2 aromatic rings. The molecule has 0 spiro atoms. The number of aromatic nitrogens is 4. The van der Waals surface area contributed by atoms with Crippen LogP contribution in [-0.2, 0) is 30.1 Å². The van der Waals surface area contributed by atoms with Gasteiger partial charge in [-0.15, -0.1) is 0 Å². The number of nitrogens with one attached hydrogen (secondary N) is 1. The molecule has 14 heteroatoms. The predicted octanol–water partition coefficient (Wildman–Crippen LogP) is 1.84. The van der Waals surface area contributed by atoms with Crippen molar-refractivity contribution in [2.24, 2.45) is 0 Å². The van der Waals surface area contributed by atoms with E-state index in [1.165, 1.54) is 10.9 Å². The number of fused-ring (bicyclic) bond motifs is 2. The molecule has 2 saturated heterocycles. The first kappa shape index (κ1) is 19.5. The number of aromatic amines is 1. The molecule has 4 heterocycles. The number of nitrogens with zero attached hydrogens (tertiary/aromatic N) is 3. The smallest absolute Gasteiger partial charge is 0.327 e. The Morgan fingerprint density at radius 2 is 2.30 bits per heavy atom. The second kappa shape index (κ2) is 6.64. The summed E-state index contributed by atoms with van der Waals surface area (Å²) in [5, 5.41) is 0. The summed E-state index contributed by atoms with van der Waals surface area (Å²) < 4.78 is 22.9. The minimum absolute atomic E-state index is 0.0696. The monoisotopic (exact) mass is 455 g/mol. The van der Waals surface area contributed by atoms with E-state index >= 15 is 0 Å². The summed E-state index contributed by atoms with van der Waals surface area (Å²) in [7, 11) is 0. The second-order valence-electron chi connectivity index (χ2n) is 6.40. The summed E-state index contributed by atoms with van der Waals surface area (Å²) in [6, 6.07) is 0. The second-order valence-corrected chi connectivity index (χ2v) is 10.8. The molecule has 3 N–H and O–H groups in total. The lowest BCUT2D eigenvalue weighted by molar-refractivity contribution is -0.0632. The van der Waals surface area contributed by atoms with Crippen LogP contribution in [0.4, 0.5) is 5.95 Å². The van der Waals surface area contributed by atoms with Crippen molar-refractivity contribution in [2.75, 3.05) is 12.3 Å². The Balaban J connectivity index is 1.71. The maximum absolute atomic E-state index is 12.0. The molecule has 0 amide bonds. The number of halogens is 2. The highest BCUT2D eigenvalue weighted by Gasteiger charge is 2.61. The Labute approximate surface area is 168 Å². The van der Waals surface area contributed by atoms with Crippen LogP contribution >= 0.6 is 29.9 Å². The summed E-state index contributed by atoms with van der Waals surface area (Å²) >= 11 is 18.6. The lowest BCUT2D eigenvalue weighted by Crippen LogP contribution is -2.42. The Morgan fingerprint density at radius 3 is 3.00 bits per heavy atom. The third-order valence-corrected chi connectivity index (χ3v) is 7.30. The van der Waals surface area contributed by atoms with E-state index in [-0.39, 0.29) is 29.8 Å². The van der Waals surface area contributed by atoms with Gasteiger partial charge >= 0.3 is 6.72 Å². The molecule has 0 saturated carbocycles. The molecule has 4 unspecified atom stereocenters. The van der Waals surface area contributed by atoms with Crippen molar-refractivity contribution in [3.63, 3.8) is 0 Å². The summed E-state index contributed by atoms with van der Waals surface area (Å²) in [6.45, 7) is 0.729. The molecule has 2 aliphatic rings. The van der Waals surface area contributed by atoms with E-state index in [2.05, 4.69) is 15.0 Å². The average Bonchev–Trinajstić information content (AvgIpc) is 3.05. The number of rotatable bonds is 3. The lowest BCUT2D eigenvalue weighted by atomic mass is 10.2. The molecule has 0 radical (unpaired) electrons. The minimum atomic E-state index is -3.02. The molecule has 2 aromatic heterocycles. The Kier molecular flexibility index (Phi) is 4.80. The normalized spacial score (nSPS) is 32.9. The highest BCUT2D eigenvalue weighted by molar-refractivity contribution is 8.07. The number of ether oxygens (including phenoxy) is 1. The van der Waals surface area contributed by atoms with Gasteiger partial charge in [-0.3, -0.25) is 18.9 Å². The van der Waals surface area contributed by atoms with Gasteiger partial charge in [-0.25, -0.2) is 4.98 Å². The topological polar surface area (TPSA) is 127 Å². The van der Waals surface area contributed by atoms with E-state index in [4.69, 9.17) is 59.1 Å². The Hall–Kier alpha value is -0.780. The van der Waals surface area contributed by atoms with Crippen molar-refractivity contribution in [1.82, 2.24) is 19.5 Å². The van der Waals surface area contributed by atoms with Gasteiger partial charge in [0.2, 0.25) is 5.95 Å². The fourth-order valence-electron chi connectivity index (χ4n) is 2.99. The van der Waals surface area contributed by atoms with Crippen molar-refractivity contribution in [2.45, 2.75) is 42.7 Å². The number of anilines is 1. The fourth-order valence-corrected chi connectivity index (χ4v) is 6.38. The summed E-state index contributed by atoms with van der Waals surface area (Å²) in [5.41, 5.74) is 5.41. The predicted molar refractivity (Wildman–Crippen MR) is 102 cm³/mol. The van der Waals surface area contributed by atoms with Gasteiger partial charge in [0.1, 0.15) is 12.2 Å². The first-order valence-corrected chi connectivity index (χ1v) is 11.3. The van der Waals surface area contributed by atoms with Gasteiger partial charge in [-0.2, -0.15) is 4.98 Å². The first-order valence-electron chi connectivity index (χ1n) is 7.98. The highest BCUT2D eigenvalue weighted by atomic mass is 35.5. The van der Waals surface area contributed by atoms with Crippen LogP contribution in [-0.4, -0.2) is 48.8 Å². The van der Waals surface area contributed by atoms with Gasteiger partial charge in [0.25, 0.3) is 5.56 Å². The Bertz CT molecular complexity index is 997. The zero-order valence-electron chi connectivity index (χ0n) is 14.2. The van der Waals surface area contributed by atoms with Crippen LogP contribution in [0, 0.1) is 0 Å². The van der Waals surface area contributed by atoms with E-state index in [1.54, 1.807) is 0 Å². The van der Waals surface area contributed by atoms with Gasteiger partial charge in [0.15, 0.2) is 21.7 Å². The average molecular weight is 456 g/mol. The van der Waals surface area contributed by atoms with Crippen LogP contribution in [0.1, 0.15) is 20.1 Å². The highest BCUT2D eigenvalue weighted by Crippen LogP contribution is 2.62. The van der Waals surface area contributed by atoms with Gasteiger partial charge in [-0.05, 0) is 25.7 Å². The minimum Gasteiger partial charge on any atom is -0.369 e. The molecule has 4 atom stereocenters. The number of alkyl halides is 2. The van der Waals surface area contributed by atoms with Crippen LogP contribution < -0.4 is 11.3 Å². The standard InChI is InChI=1S/C13H16Cl2N5O5PS/c1-5(2)24-26(27)22-3-6-8(25-26)13(14,15)11(23-6)20-4-17-7-9(20)18-12(16)19-10(7)21/h4-6,8,11H,3H2,1-2H3,(H3,16,18,19,21). The molecule has 0 aromatic carbocycles. The lowest BCUT2D eigenvalue weighted by Gasteiger charge is -2.36. The first-order chi connectivity index (χ1) is 12.6. The van der Waals surface area contributed by atoms with Crippen LogP contribution in [0.25, 0.3) is 11.2 Å². The molecule has 2 fully saturated rings. The summed E-state index contributed by atoms with van der Waals surface area (Å²) in [5.74, 6) is -0.0696. The van der Waals surface area contributed by atoms with Gasteiger partial charge in [-0.1, -0.05) is 23.2 Å². The van der Waals surface area contributed by atoms with Gasteiger partial charge in [0.05, 0.1) is 19.0 Å². The third kappa shape index (κ3) is 3.30. The third-order valence-electron chi connectivity index (χ3n) is 4.03. The SMILES string of the molecule is CC(C)OP1(=S)OCC2OC(n3cnc4c(=O)[nH]c(N)nc43)C(Cl)(Cl)C2O1. The van der Waals surface area contributed by atoms with Gasteiger partial charge in [0, 0.05) is 0 Å². The maximum atomic E-state index is 12.0. The van der Waals surface area contributed by atoms with Crippen molar-refractivity contribution in [3.8, 4) is 0 Å². The molecule has 27 heavy (non-hydrogen) atoms. The van der Waals surface area contributed by atoms with E-state index in [0.717, 1.165) is 0 Å². The molecular formula is C13H16Cl2N5O5PS. The molecule has 2 aliphatic heterocycles. The van der Waals surface area contributed by atoms with Crippen molar-refractivity contribution in [1.29, 1.82) is 0 Å².